The summed E-state index contributed by atoms with van der Waals surface area (Å²) >= 11 is 0. The normalized spacial score (nSPS) is 14.2. The summed E-state index contributed by atoms with van der Waals surface area (Å²) in [6.45, 7) is 0. The Morgan fingerprint density at radius 2 is 1.92 bits per heavy atom. The fraction of sp³-hybridized carbons (Fsp3) is 0.143. The molecule has 0 heterocycles. The molecule has 0 aromatic carbocycles. The summed E-state index contributed by atoms with van der Waals surface area (Å²) in [5.74, 6) is 0. The molecule has 2 nitrogen and oxygen atoms in total. The van der Waals surface area contributed by atoms with Gasteiger partial charge in [-0.05, 0) is 18.2 Å². The van der Waals surface area contributed by atoms with Crippen LogP contribution < -0.4 is 12.4 Å². The third-order valence-electron chi connectivity index (χ3n) is 1.12. The van der Waals surface area contributed by atoms with Crippen LogP contribution in [0.3, 0.4) is 0 Å². The summed E-state index contributed by atoms with van der Waals surface area (Å²) in [5, 5.41) is 0. The van der Waals surface area contributed by atoms with Gasteiger partial charge in [-0.3, -0.25) is 0 Å². The van der Waals surface area contributed by atoms with Gasteiger partial charge in [0.15, 0.2) is 9.84 Å². The minimum absolute atomic E-state index is 0. The molecule has 0 spiro atoms. The zero-order valence-electron chi connectivity index (χ0n) is 6.62. The van der Waals surface area contributed by atoms with E-state index in [1.807, 2.05) is 0 Å². The molecule has 0 bridgehead atoms. The maximum Gasteiger partial charge on any atom is 0.172 e. The van der Waals surface area contributed by atoms with Gasteiger partial charge >= 0.3 is 0 Å². The van der Waals surface area contributed by atoms with E-state index in [0.29, 0.717) is 4.91 Å². The Morgan fingerprint density at radius 3 is 2.17 bits per heavy atom. The van der Waals surface area contributed by atoms with E-state index in [0.717, 1.165) is 0 Å². The molecule has 0 saturated carbocycles. The second-order valence-corrected chi connectivity index (χ2v) is 4.02. The second kappa shape index (κ2) is 5.71. The fourth-order valence-corrected chi connectivity index (χ4v) is 1.25. The zero-order valence-corrected chi connectivity index (χ0v) is 11.2. The molecule has 0 amide bonds. The van der Waals surface area contributed by atoms with Gasteiger partial charge in [-0.25, -0.2) is 8.42 Å². The van der Waals surface area contributed by atoms with Gasteiger partial charge in [-0.1, -0.05) is 0 Å². The standard InChI is InChI=1S/C7H7O2S.ClH.Zn/c1-10(8,9)7-5-3-2-4-6-7;;/h3-6H,1H3;1H;/p-1. The van der Waals surface area contributed by atoms with E-state index in [4.69, 9.17) is 0 Å². The van der Waals surface area contributed by atoms with Crippen molar-refractivity contribution in [3.05, 3.63) is 35.3 Å². The molecular formula is C7H7ClO2SZn-. The molecule has 1 aliphatic carbocycles. The largest absolute Gasteiger partial charge is 1.00 e. The minimum Gasteiger partial charge on any atom is -1.00 e. The Kier molecular flexibility index (Phi) is 6.97. The van der Waals surface area contributed by atoms with Crippen molar-refractivity contribution in [1.29, 1.82) is 0 Å². The summed E-state index contributed by atoms with van der Waals surface area (Å²) in [7, 11) is -3.02. The SMILES string of the molecule is CS(=O)(=O)C1=CC=C=C[CH]1.[Cl-].[Zn]. The predicted molar refractivity (Wildman–Crippen MR) is 39.9 cm³/mol. The maximum absolute atomic E-state index is 10.8. The van der Waals surface area contributed by atoms with E-state index in [9.17, 15) is 8.42 Å². The second-order valence-electron chi connectivity index (χ2n) is 2.01. The number of halogens is 1. The first-order chi connectivity index (χ1) is 4.61. The van der Waals surface area contributed by atoms with Crippen LogP contribution >= 0.6 is 0 Å². The summed E-state index contributed by atoms with van der Waals surface area (Å²) in [5.41, 5.74) is 2.74. The van der Waals surface area contributed by atoms with Gasteiger partial charge in [0.25, 0.3) is 0 Å². The predicted octanol–water partition coefficient (Wildman–Crippen LogP) is -2.15. The van der Waals surface area contributed by atoms with Gasteiger partial charge in [-0.15, -0.1) is 5.73 Å². The summed E-state index contributed by atoms with van der Waals surface area (Å²) < 4.78 is 21.6. The van der Waals surface area contributed by atoms with Gasteiger partial charge in [0.2, 0.25) is 0 Å². The molecule has 0 fully saturated rings. The summed E-state index contributed by atoms with van der Waals surface area (Å²) in [6, 6.07) is 0. The van der Waals surface area contributed by atoms with Crippen LogP contribution in [-0.2, 0) is 29.3 Å². The van der Waals surface area contributed by atoms with Crippen LogP contribution in [0, 0.1) is 6.42 Å². The molecule has 0 aliphatic heterocycles. The molecule has 0 atom stereocenters. The molecular weight excluding hydrogens is 249 g/mol. The van der Waals surface area contributed by atoms with Gasteiger partial charge in [0.1, 0.15) is 0 Å². The average molecular weight is 256 g/mol. The van der Waals surface area contributed by atoms with Crippen LogP contribution in [0.15, 0.2) is 28.9 Å². The molecule has 0 saturated heterocycles. The number of hydrogen-bond acceptors (Lipinski definition) is 2. The van der Waals surface area contributed by atoms with Crippen molar-refractivity contribution in [2.24, 2.45) is 0 Å². The van der Waals surface area contributed by atoms with Gasteiger partial charge in [0.05, 0.1) is 4.91 Å². The molecule has 5 heteroatoms. The third-order valence-corrected chi connectivity index (χ3v) is 2.24. The summed E-state index contributed by atoms with van der Waals surface area (Å²) in [4.78, 5) is 0.339. The Morgan fingerprint density at radius 1 is 1.33 bits per heavy atom. The van der Waals surface area contributed by atoms with E-state index in [1.165, 1.54) is 18.8 Å². The molecule has 1 rings (SSSR count). The van der Waals surface area contributed by atoms with Crippen LogP contribution in [0.25, 0.3) is 0 Å². The van der Waals surface area contributed by atoms with Crippen LogP contribution in [0.5, 0.6) is 0 Å². The Bertz CT molecular complexity index is 323. The average Bonchev–Trinajstić information content (AvgIpc) is 1.88. The van der Waals surface area contributed by atoms with Crippen LogP contribution in [0.2, 0.25) is 0 Å². The van der Waals surface area contributed by atoms with E-state index in [-0.39, 0.29) is 31.9 Å². The van der Waals surface area contributed by atoms with Crippen LogP contribution in [0.1, 0.15) is 0 Å². The number of allylic oxidation sites excluding steroid dienone is 3. The smallest absolute Gasteiger partial charge is 0.172 e. The Balaban J connectivity index is 0. The number of hydrogen-bond donors (Lipinski definition) is 0. The molecule has 1 aliphatic rings. The zero-order chi connectivity index (χ0) is 7.61. The molecule has 0 N–H and O–H groups in total. The first kappa shape index (κ1) is 14.6. The molecule has 63 valence electrons. The van der Waals surface area contributed by atoms with E-state index in [1.54, 1.807) is 12.2 Å². The summed E-state index contributed by atoms with van der Waals surface area (Å²) in [6.07, 6.45) is 7.39. The molecule has 0 aromatic heterocycles. The van der Waals surface area contributed by atoms with Crippen molar-refractivity contribution in [3.63, 3.8) is 0 Å². The first-order valence-electron chi connectivity index (χ1n) is 2.77. The van der Waals surface area contributed by atoms with Gasteiger partial charge in [0, 0.05) is 32.2 Å². The number of sulfone groups is 1. The maximum atomic E-state index is 10.8. The monoisotopic (exact) mass is 254 g/mol. The van der Waals surface area contributed by atoms with Gasteiger partial charge in [-0.2, -0.15) is 0 Å². The van der Waals surface area contributed by atoms with Gasteiger partial charge < -0.3 is 12.4 Å². The van der Waals surface area contributed by atoms with Crippen molar-refractivity contribution in [1.82, 2.24) is 0 Å². The van der Waals surface area contributed by atoms with Crippen molar-refractivity contribution in [2.75, 3.05) is 6.26 Å². The van der Waals surface area contributed by atoms with E-state index in [2.05, 4.69) is 5.73 Å². The molecule has 0 unspecified atom stereocenters. The molecule has 1 radical (unpaired) electrons. The van der Waals surface area contributed by atoms with Crippen LogP contribution in [0.4, 0.5) is 0 Å². The molecule has 12 heavy (non-hydrogen) atoms. The van der Waals surface area contributed by atoms with Crippen LogP contribution in [-0.4, -0.2) is 14.7 Å². The minimum atomic E-state index is -3.02. The molecule has 0 aromatic rings. The number of rotatable bonds is 1. The first-order valence-corrected chi connectivity index (χ1v) is 4.66. The quantitative estimate of drug-likeness (QED) is 0.396. The van der Waals surface area contributed by atoms with E-state index < -0.39 is 9.84 Å². The van der Waals surface area contributed by atoms with E-state index >= 15 is 0 Å². The van der Waals surface area contributed by atoms with Crippen molar-refractivity contribution in [2.45, 2.75) is 0 Å². The van der Waals surface area contributed by atoms with Crippen molar-refractivity contribution >= 4 is 9.84 Å². The Hall–Kier alpha value is 0.123. The van der Waals surface area contributed by atoms with Crippen molar-refractivity contribution < 1.29 is 40.3 Å². The Labute approximate surface area is 91.5 Å². The third kappa shape index (κ3) is 4.22. The fourth-order valence-electron chi connectivity index (χ4n) is 0.619. The van der Waals surface area contributed by atoms with Crippen molar-refractivity contribution in [3.8, 4) is 0 Å². The topological polar surface area (TPSA) is 34.1 Å².